The number of fused-ring (bicyclic) bond motifs is 1. The Hall–Kier alpha value is -3.91. The molecule has 0 saturated heterocycles. The molecule has 196 valence electrons. The summed E-state index contributed by atoms with van der Waals surface area (Å²) in [4.78, 5) is 21.6. The first-order valence-electron chi connectivity index (χ1n) is 12.9. The Balaban J connectivity index is 1.64. The third-order valence-electron chi connectivity index (χ3n) is 7.11. The highest BCUT2D eigenvalue weighted by Gasteiger charge is 2.32. The van der Waals surface area contributed by atoms with Gasteiger partial charge in [0.1, 0.15) is 5.69 Å². The standard InChI is InChI=1S/C30H31N3O4S/c1-3-4-12-25-27(33-19-8-10-22-9-5-6-13-26(22)33)28(34)29(30(35)32-25)38(36,37)23-16-14-21(15-17-23)24-11-7-18-31-20(24)2/h5-7,9,11,13-18H,3-4,8,10,12,19H2,1-2H3,(H2,32,34,35). The highest BCUT2D eigenvalue weighted by Crippen LogP contribution is 2.43. The number of aromatic hydroxyl groups is 1. The lowest BCUT2D eigenvalue weighted by molar-refractivity contribution is 0.453. The molecular formula is C30H31N3O4S. The molecule has 0 spiro atoms. The fourth-order valence-electron chi connectivity index (χ4n) is 5.17. The molecule has 2 aromatic carbocycles. The highest BCUT2D eigenvalue weighted by molar-refractivity contribution is 7.91. The van der Waals surface area contributed by atoms with Crippen LogP contribution in [0.2, 0.25) is 0 Å². The molecule has 2 aromatic heterocycles. The number of hydrogen-bond acceptors (Lipinski definition) is 6. The molecule has 8 heteroatoms. The number of anilines is 2. The summed E-state index contributed by atoms with van der Waals surface area (Å²) >= 11 is 0. The molecule has 4 aromatic rings. The average Bonchev–Trinajstić information content (AvgIpc) is 2.92. The summed E-state index contributed by atoms with van der Waals surface area (Å²) in [7, 11) is -4.32. The number of nitrogens with one attached hydrogen (secondary N) is 1. The first-order valence-corrected chi connectivity index (χ1v) is 14.4. The summed E-state index contributed by atoms with van der Waals surface area (Å²) < 4.78 is 27.6. The molecule has 38 heavy (non-hydrogen) atoms. The number of unbranched alkanes of at least 4 members (excludes halogenated alkanes) is 1. The van der Waals surface area contributed by atoms with E-state index in [2.05, 4.69) is 9.97 Å². The zero-order valence-corrected chi connectivity index (χ0v) is 22.4. The Morgan fingerprint density at radius 1 is 1.05 bits per heavy atom. The second-order valence-electron chi connectivity index (χ2n) is 9.61. The van der Waals surface area contributed by atoms with E-state index in [-0.39, 0.29) is 4.90 Å². The van der Waals surface area contributed by atoms with Gasteiger partial charge in [0.2, 0.25) is 9.84 Å². The Morgan fingerprint density at radius 2 is 1.82 bits per heavy atom. The van der Waals surface area contributed by atoms with Crippen molar-refractivity contribution in [3.63, 3.8) is 0 Å². The lowest BCUT2D eigenvalue weighted by Crippen LogP contribution is -2.29. The molecule has 0 amide bonds. The zero-order valence-electron chi connectivity index (χ0n) is 21.6. The largest absolute Gasteiger partial charge is 0.504 e. The molecule has 0 bridgehead atoms. The minimum atomic E-state index is -4.32. The predicted octanol–water partition coefficient (Wildman–Crippen LogP) is 5.71. The molecule has 1 aliphatic rings. The lowest BCUT2D eigenvalue weighted by Gasteiger charge is -2.33. The SMILES string of the molecule is CCCCc1[nH]c(=O)c(S(=O)(=O)c2ccc(-c3cccnc3C)cc2)c(O)c1N1CCCc2ccccc21. The second-order valence-corrected chi connectivity index (χ2v) is 11.5. The van der Waals surface area contributed by atoms with Crippen molar-refractivity contribution in [2.45, 2.75) is 55.7 Å². The zero-order chi connectivity index (χ0) is 26.9. The first-order chi connectivity index (χ1) is 18.3. The predicted molar refractivity (Wildman–Crippen MR) is 149 cm³/mol. The number of H-pyrrole nitrogens is 1. The van der Waals surface area contributed by atoms with Gasteiger partial charge in [0, 0.05) is 35.4 Å². The van der Waals surface area contributed by atoms with E-state index in [1.807, 2.05) is 55.1 Å². The maximum Gasteiger partial charge on any atom is 0.271 e. The van der Waals surface area contributed by atoms with Crippen LogP contribution in [0, 0.1) is 6.92 Å². The van der Waals surface area contributed by atoms with Gasteiger partial charge in [0.25, 0.3) is 5.56 Å². The van der Waals surface area contributed by atoms with Gasteiger partial charge in [-0.25, -0.2) is 8.42 Å². The quantitative estimate of drug-likeness (QED) is 0.318. The van der Waals surface area contributed by atoms with Crippen LogP contribution in [0.3, 0.4) is 0 Å². The third-order valence-corrected chi connectivity index (χ3v) is 8.92. The van der Waals surface area contributed by atoms with Gasteiger partial charge in [-0.2, -0.15) is 0 Å². The van der Waals surface area contributed by atoms with E-state index in [9.17, 15) is 18.3 Å². The topological polar surface area (TPSA) is 103 Å². The van der Waals surface area contributed by atoms with Crippen molar-refractivity contribution in [2.75, 3.05) is 11.4 Å². The molecule has 0 unspecified atom stereocenters. The van der Waals surface area contributed by atoms with Crippen LogP contribution in [-0.2, 0) is 22.7 Å². The summed E-state index contributed by atoms with van der Waals surface area (Å²) in [5.41, 5.74) is 4.67. The fraction of sp³-hybridized carbons (Fsp3) is 0.267. The number of pyridine rings is 2. The number of aryl methyl sites for hydroxylation is 3. The maximum absolute atomic E-state index is 13.8. The summed E-state index contributed by atoms with van der Waals surface area (Å²) in [6.07, 6.45) is 5.65. The molecule has 2 N–H and O–H groups in total. The average molecular weight is 530 g/mol. The van der Waals surface area contributed by atoms with Crippen LogP contribution >= 0.6 is 0 Å². The third kappa shape index (κ3) is 4.60. The number of hydrogen-bond donors (Lipinski definition) is 2. The first kappa shape index (κ1) is 25.7. The van der Waals surface area contributed by atoms with Gasteiger partial charge in [-0.05, 0) is 68.0 Å². The molecule has 3 heterocycles. The Morgan fingerprint density at radius 3 is 2.55 bits per heavy atom. The van der Waals surface area contributed by atoms with Crippen molar-refractivity contribution >= 4 is 21.2 Å². The van der Waals surface area contributed by atoms with Crippen molar-refractivity contribution in [3.8, 4) is 16.9 Å². The maximum atomic E-state index is 13.8. The molecule has 0 radical (unpaired) electrons. The van der Waals surface area contributed by atoms with Crippen molar-refractivity contribution in [3.05, 3.63) is 94.2 Å². The molecule has 0 aliphatic carbocycles. The Labute approximate surface area is 222 Å². The Bertz CT molecular complexity index is 1640. The van der Waals surface area contributed by atoms with Crippen molar-refractivity contribution < 1.29 is 13.5 Å². The van der Waals surface area contributed by atoms with Gasteiger partial charge >= 0.3 is 0 Å². The fourth-order valence-corrected chi connectivity index (χ4v) is 6.55. The van der Waals surface area contributed by atoms with Crippen LogP contribution < -0.4 is 10.5 Å². The lowest BCUT2D eigenvalue weighted by atomic mass is 10.00. The van der Waals surface area contributed by atoms with Gasteiger partial charge in [0.05, 0.1) is 4.90 Å². The number of sulfone groups is 1. The summed E-state index contributed by atoms with van der Waals surface area (Å²) in [6, 6.07) is 18.0. The number of para-hydroxylation sites is 1. The second kappa shape index (κ2) is 10.5. The normalized spacial score (nSPS) is 13.4. The Kier molecular flexibility index (Phi) is 7.08. The smallest absolute Gasteiger partial charge is 0.271 e. The van der Waals surface area contributed by atoms with Crippen molar-refractivity contribution in [1.29, 1.82) is 0 Å². The van der Waals surface area contributed by atoms with Gasteiger partial charge in [-0.1, -0.05) is 49.7 Å². The van der Waals surface area contributed by atoms with Crippen molar-refractivity contribution in [2.24, 2.45) is 0 Å². The summed E-state index contributed by atoms with van der Waals surface area (Å²) in [6.45, 7) is 4.54. The number of aromatic amines is 1. The minimum Gasteiger partial charge on any atom is -0.504 e. The molecule has 0 fully saturated rings. The van der Waals surface area contributed by atoms with E-state index in [0.29, 0.717) is 24.3 Å². The van der Waals surface area contributed by atoms with Crippen LogP contribution in [0.1, 0.15) is 43.1 Å². The highest BCUT2D eigenvalue weighted by atomic mass is 32.2. The van der Waals surface area contributed by atoms with Gasteiger partial charge in [-0.3, -0.25) is 9.78 Å². The van der Waals surface area contributed by atoms with E-state index >= 15 is 0 Å². The number of aromatic nitrogens is 2. The van der Waals surface area contributed by atoms with Crippen LogP contribution in [-0.4, -0.2) is 30.0 Å². The summed E-state index contributed by atoms with van der Waals surface area (Å²) in [5.74, 6) is -0.497. The molecule has 5 rings (SSSR count). The monoisotopic (exact) mass is 529 g/mol. The minimum absolute atomic E-state index is 0.0603. The molecule has 7 nitrogen and oxygen atoms in total. The molecule has 1 aliphatic heterocycles. The number of rotatable bonds is 7. The van der Waals surface area contributed by atoms with E-state index in [0.717, 1.165) is 53.8 Å². The molecular weight excluding hydrogens is 498 g/mol. The van der Waals surface area contributed by atoms with Crippen LogP contribution in [0.4, 0.5) is 11.4 Å². The number of benzene rings is 2. The van der Waals surface area contributed by atoms with Crippen LogP contribution in [0.15, 0.2) is 81.4 Å². The summed E-state index contributed by atoms with van der Waals surface area (Å²) in [5, 5.41) is 11.5. The van der Waals surface area contributed by atoms with Crippen molar-refractivity contribution in [1.82, 2.24) is 9.97 Å². The number of nitrogens with zero attached hydrogens (tertiary/aromatic N) is 2. The van der Waals surface area contributed by atoms with Gasteiger partial charge in [0.15, 0.2) is 10.6 Å². The molecule has 0 atom stereocenters. The van der Waals surface area contributed by atoms with Gasteiger partial charge in [-0.15, -0.1) is 0 Å². The van der Waals surface area contributed by atoms with E-state index < -0.39 is 26.0 Å². The van der Waals surface area contributed by atoms with E-state index in [4.69, 9.17) is 0 Å². The van der Waals surface area contributed by atoms with Gasteiger partial charge < -0.3 is 15.0 Å². The van der Waals surface area contributed by atoms with Crippen LogP contribution in [0.25, 0.3) is 11.1 Å². The van der Waals surface area contributed by atoms with E-state index in [1.54, 1.807) is 18.3 Å². The molecule has 0 saturated carbocycles. The van der Waals surface area contributed by atoms with Crippen LogP contribution in [0.5, 0.6) is 5.75 Å². The van der Waals surface area contributed by atoms with E-state index in [1.165, 1.54) is 12.1 Å².